The van der Waals surface area contributed by atoms with Crippen LogP contribution in [0.5, 0.6) is 6.08 Å². The third-order valence-corrected chi connectivity index (χ3v) is 3.03. The van der Waals surface area contributed by atoms with Gasteiger partial charge in [0.2, 0.25) is 0 Å². The van der Waals surface area contributed by atoms with Crippen LogP contribution in [0, 0.1) is 0 Å². The SMILES string of the molecule is O=C(O)c1ccc2nc(OCC3CCCO3)oc2c1. The number of carboxylic acid groups (broad SMARTS) is 1. The first kappa shape index (κ1) is 12.0. The molecule has 1 aromatic carbocycles. The Bertz CT molecular complexity index is 600. The summed E-state index contributed by atoms with van der Waals surface area (Å²) in [6, 6.07) is 4.52. The molecule has 2 heterocycles. The Hall–Kier alpha value is -2.08. The monoisotopic (exact) mass is 263 g/mol. The highest BCUT2D eigenvalue weighted by Crippen LogP contribution is 2.22. The van der Waals surface area contributed by atoms with Crippen molar-refractivity contribution in [3.05, 3.63) is 23.8 Å². The van der Waals surface area contributed by atoms with E-state index < -0.39 is 5.97 Å². The lowest BCUT2D eigenvalue weighted by Gasteiger charge is -2.07. The van der Waals surface area contributed by atoms with Crippen molar-refractivity contribution in [1.29, 1.82) is 0 Å². The summed E-state index contributed by atoms with van der Waals surface area (Å²) in [7, 11) is 0. The van der Waals surface area contributed by atoms with Crippen LogP contribution in [-0.2, 0) is 4.74 Å². The molecule has 1 unspecified atom stereocenters. The Morgan fingerprint density at radius 1 is 1.53 bits per heavy atom. The maximum Gasteiger partial charge on any atom is 0.394 e. The number of rotatable bonds is 4. The zero-order valence-corrected chi connectivity index (χ0v) is 10.2. The average molecular weight is 263 g/mol. The first-order chi connectivity index (χ1) is 9.22. The maximum atomic E-state index is 10.8. The molecule has 0 amide bonds. The standard InChI is InChI=1S/C13H13NO5/c15-12(16)8-3-4-10-11(6-8)19-13(14-10)18-7-9-2-1-5-17-9/h3-4,6,9H,1-2,5,7H2,(H,15,16). The highest BCUT2D eigenvalue weighted by Gasteiger charge is 2.18. The summed E-state index contributed by atoms with van der Waals surface area (Å²) in [5.74, 6) is -1.000. The molecule has 2 aromatic rings. The predicted molar refractivity (Wildman–Crippen MR) is 65.4 cm³/mol. The molecule has 1 aliphatic heterocycles. The molecule has 19 heavy (non-hydrogen) atoms. The normalized spacial score (nSPS) is 18.8. The van der Waals surface area contributed by atoms with Gasteiger partial charge in [0.1, 0.15) is 12.1 Å². The molecule has 1 atom stereocenters. The fraction of sp³-hybridized carbons (Fsp3) is 0.385. The van der Waals surface area contributed by atoms with E-state index in [2.05, 4.69) is 4.98 Å². The molecule has 1 saturated heterocycles. The van der Waals surface area contributed by atoms with Gasteiger partial charge in [0.15, 0.2) is 5.58 Å². The van der Waals surface area contributed by atoms with Crippen LogP contribution in [0.25, 0.3) is 11.1 Å². The lowest BCUT2D eigenvalue weighted by molar-refractivity contribution is 0.0573. The maximum absolute atomic E-state index is 10.8. The molecule has 0 radical (unpaired) electrons. The van der Waals surface area contributed by atoms with Gasteiger partial charge in [0.05, 0.1) is 11.7 Å². The van der Waals surface area contributed by atoms with Crippen molar-refractivity contribution in [2.24, 2.45) is 0 Å². The molecule has 6 nitrogen and oxygen atoms in total. The number of hydrogen-bond donors (Lipinski definition) is 1. The molecule has 1 fully saturated rings. The summed E-state index contributed by atoms with van der Waals surface area (Å²) in [6.45, 7) is 1.17. The van der Waals surface area contributed by atoms with Gasteiger partial charge in [-0.2, -0.15) is 4.98 Å². The fourth-order valence-corrected chi connectivity index (χ4v) is 2.04. The van der Waals surface area contributed by atoms with E-state index in [9.17, 15) is 4.79 Å². The molecular weight excluding hydrogens is 250 g/mol. The Kier molecular flexibility index (Phi) is 3.08. The zero-order valence-electron chi connectivity index (χ0n) is 10.2. The van der Waals surface area contributed by atoms with Gasteiger partial charge in [-0.05, 0) is 31.0 Å². The van der Waals surface area contributed by atoms with Crippen LogP contribution in [0.15, 0.2) is 22.6 Å². The molecule has 1 aromatic heterocycles. The van der Waals surface area contributed by atoms with Gasteiger partial charge in [-0.15, -0.1) is 0 Å². The van der Waals surface area contributed by atoms with Gasteiger partial charge in [0.25, 0.3) is 0 Å². The van der Waals surface area contributed by atoms with Crippen molar-refractivity contribution in [2.75, 3.05) is 13.2 Å². The number of carbonyl (C=O) groups is 1. The van der Waals surface area contributed by atoms with E-state index in [4.69, 9.17) is 19.0 Å². The minimum Gasteiger partial charge on any atom is -0.478 e. The summed E-state index contributed by atoms with van der Waals surface area (Å²) in [5.41, 5.74) is 1.14. The summed E-state index contributed by atoms with van der Waals surface area (Å²) in [6.07, 6.45) is 2.25. The minimum absolute atomic E-state index is 0.0876. The number of fused-ring (bicyclic) bond motifs is 1. The van der Waals surface area contributed by atoms with Crippen LogP contribution in [0.2, 0.25) is 0 Å². The van der Waals surface area contributed by atoms with Crippen molar-refractivity contribution in [3.8, 4) is 6.08 Å². The molecule has 100 valence electrons. The van der Waals surface area contributed by atoms with Gasteiger partial charge in [-0.25, -0.2) is 4.79 Å². The van der Waals surface area contributed by atoms with Crippen LogP contribution in [-0.4, -0.2) is 35.4 Å². The van der Waals surface area contributed by atoms with Crippen LogP contribution in [0.4, 0.5) is 0 Å². The van der Waals surface area contributed by atoms with Gasteiger partial charge in [-0.3, -0.25) is 0 Å². The second-order valence-corrected chi connectivity index (χ2v) is 4.41. The second kappa shape index (κ2) is 4.89. The molecule has 1 aliphatic rings. The molecule has 0 aliphatic carbocycles. The summed E-state index contributed by atoms with van der Waals surface area (Å²) >= 11 is 0. The molecule has 0 spiro atoms. The summed E-state index contributed by atoms with van der Waals surface area (Å²) in [4.78, 5) is 15.0. The minimum atomic E-state index is -1.000. The van der Waals surface area contributed by atoms with Crippen molar-refractivity contribution in [2.45, 2.75) is 18.9 Å². The predicted octanol–water partition coefficient (Wildman–Crippen LogP) is 2.08. The Labute approximate surface area is 108 Å². The van der Waals surface area contributed by atoms with E-state index in [1.807, 2.05) is 0 Å². The number of aromatic carboxylic acids is 1. The van der Waals surface area contributed by atoms with Crippen LogP contribution in [0.1, 0.15) is 23.2 Å². The van der Waals surface area contributed by atoms with Gasteiger partial charge in [0, 0.05) is 6.61 Å². The highest BCUT2D eigenvalue weighted by atomic mass is 16.6. The smallest absolute Gasteiger partial charge is 0.394 e. The first-order valence-corrected chi connectivity index (χ1v) is 6.10. The largest absolute Gasteiger partial charge is 0.478 e. The van der Waals surface area contributed by atoms with Gasteiger partial charge >= 0.3 is 12.0 Å². The number of benzene rings is 1. The van der Waals surface area contributed by atoms with Crippen LogP contribution < -0.4 is 4.74 Å². The quantitative estimate of drug-likeness (QED) is 0.909. The van der Waals surface area contributed by atoms with Gasteiger partial charge in [-0.1, -0.05) is 0 Å². The fourth-order valence-electron chi connectivity index (χ4n) is 2.04. The molecule has 3 rings (SSSR count). The number of ether oxygens (including phenoxy) is 2. The zero-order chi connectivity index (χ0) is 13.2. The number of nitrogens with zero attached hydrogens (tertiary/aromatic N) is 1. The van der Waals surface area contributed by atoms with E-state index in [0.717, 1.165) is 19.4 Å². The van der Waals surface area contributed by atoms with Crippen molar-refractivity contribution >= 4 is 17.1 Å². The van der Waals surface area contributed by atoms with Crippen molar-refractivity contribution in [1.82, 2.24) is 4.98 Å². The van der Waals surface area contributed by atoms with Crippen molar-refractivity contribution < 1.29 is 23.8 Å². The third-order valence-electron chi connectivity index (χ3n) is 3.03. The Morgan fingerprint density at radius 3 is 3.16 bits per heavy atom. The number of aromatic nitrogens is 1. The molecule has 6 heteroatoms. The Balaban J connectivity index is 1.75. The van der Waals surface area contributed by atoms with E-state index in [1.54, 1.807) is 6.07 Å². The van der Waals surface area contributed by atoms with Crippen LogP contribution >= 0.6 is 0 Å². The lowest BCUT2D eigenvalue weighted by atomic mass is 10.2. The van der Waals surface area contributed by atoms with E-state index >= 15 is 0 Å². The summed E-state index contributed by atoms with van der Waals surface area (Å²) < 4.78 is 16.2. The van der Waals surface area contributed by atoms with Crippen molar-refractivity contribution in [3.63, 3.8) is 0 Å². The average Bonchev–Trinajstić information content (AvgIpc) is 3.04. The third kappa shape index (κ3) is 2.53. The number of hydrogen-bond acceptors (Lipinski definition) is 5. The van der Waals surface area contributed by atoms with Gasteiger partial charge < -0.3 is 19.0 Å². The number of carboxylic acids is 1. The molecular formula is C13H13NO5. The lowest BCUT2D eigenvalue weighted by Crippen LogP contribution is -2.16. The Morgan fingerprint density at radius 2 is 2.42 bits per heavy atom. The van der Waals surface area contributed by atoms with Crippen LogP contribution in [0.3, 0.4) is 0 Å². The summed E-state index contributed by atoms with van der Waals surface area (Å²) in [5, 5.41) is 8.89. The molecule has 0 bridgehead atoms. The second-order valence-electron chi connectivity index (χ2n) is 4.41. The molecule has 0 saturated carbocycles. The first-order valence-electron chi connectivity index (χ1n) is 6.10. The molecule has 1 N–H and O–H groups in total. The van der Waals surface area contributed by atoms with E-state index in [-0.39, 0.29) is 17.7 Å². The van der Waals surface area contributed by atoms with E-state index in [1.165, 1.54) is 12.1 Å². The topological polar surface area (TPSA) is 81.8 Å². The van der Waals surface area contributed by atoms with E-state index in [0.29, 0.717) is 17.7 Å². The number of oxazole rings is 1. The highest BCUT2D eigenvalue weighted by molar-refractivity contribution is 5.91.